The first-order valence-corrected chi connectivity index (χ1v) is 7.36. The normalized spacial score (nSPS) is 29.4. The molecule has 0 unspecified atom stereocenters. The van der Waals surface area contributed by atoms with Gasteiger partial charge in [-0.2, -0.15) is 0 Å². The highest BCUT2D eigenvalue weighted by Gasteiger charge is 2.39. The van der Waals surface area contributed by atoms with E-state index in [4.69, 9.17) is 0 Å². The van der Waals surface area contributed by atoms with Crippen LogP contribution >= 0.6 is 0 Å². The van der Waals surface area contributed by atoms with Gasteiger partial charge in [0, 0.05) is 25.9 Å². The summed E-state index contributed by atoms with van der Waals surface area (Å²) in [7, 11) is 1.91. The minimum Gasteiger partial charge on any atom is -0.353 e. The number of hydrogen-bond donors (Lipinski definition) is 1. The SMILES string of the molecule is Cn1cnnc1CCC(=O)N[C@@H]1CC[C@H]2CCC[C@H]21. The molecule has 2 fully saturated rings. The van der Waals surface area contributed by atoms with Crippen LogP contribution < -0.4 is 5.32 Å². The van der Waals surface area contributed by atoms with E-state index in [0.717, 1.165) is 17.7 Å². The summed E-state index contributed by atoms with van der Waals surface area (Å²) in [6.07, 6.45) is 9.36. The van der Waals surface area contributed by atoms with E-state index in [1.54, 1.807) is 6.33 Å². The second kappa shape index (κ2) is 5.31. The van der Waals surface area contributed by atoms with Crippen molar-refractivity contribution < 1.29 is 4.79 Å². The van der Waals surface area contributed by atoms with Gasteiger partial charge in [-0.1, -0.05) is 12.8 Å². The fourth-order valence-electron chi connectivity index (χ4n) is 3.78. The summed E-state index contributed by atoms with van der Waals surface area (Å²) in [5.41, 5.74) is 0. The quantitative estimate of drug-likeness (QED) is 0.893. The van der Waals surface area contributed by atoms with E-state index in [9.17, 15) is 4.79 Å². The maximum absolute atomic E-state index is 12.0. The molecule has 1 amide bonds. The fourth-order valence-corrected chi connectivity index (χ4v) is 3.78. The van der Waals surface area contributed by atoms with Crippen molar-refractivity contribution in [1.29, 1.82) is 0 Å². The lowest BCUT2D eigenvalue weighted by Gasteiger charge is -2.19. The van der Waals surface area contributed by atoms with Gasteiger partial charge in [0.25, 0.3) is 0 Å². The summed E-state index contributed by atoms with van der Waals surface area (Å²) in [5, 5.41) is 11.1. The number of fused-ring (bicyclic) bond motifs is 1. The zero-order valence-electron chi connectivity index (χ0n) is 11.5. The van der Waals surface area contributed by atoms with Gasteiger partial charge in [-0.15, -0.1) is 10.2 Å². The number of hydrogen-bond acceptors (Lipinski definition) is 3. The molecule has 1 heterocycles. The predicted octanol–water partition coefficient (Wildman–Crippen LogP) is 1.44. The lowest BCUT2D eigenvalue weighted by atomic mass is 9.97. The van der Waals surface area contributed by atoms with E-state index >= 15 is 0 Å². The van der Waals surface area contributed by atoms with Crippen LogP contribution in [0.1, 0.15) is 44.3 Å². The van der Waals surface area contributed by atoms with Crippen LogP contribution in [0.5, 0.6) is 0 Å². The van der Waals surface area contributed by atoms with Gasteiger partial charge in [-0.3, -0.25) is 4.79 Å². The highest BCUT2D eigenvalue weighted by Crippen LogP contribution is 2.43. The molecule has 0 saturated heterocycles. The van der Waals surface area contributed by atoms with Gasteiger partial charge in [0.05, 0.1) is 0 Å². The van der Waals surface area contributed by atoms with E-state index in [0.29, 0.717) is 18.9 Å². The number of carbonyl (C=O) groups excluding carboxylic acids is 1. The third kappa shape index (κ3) is 2.65. The van der Waals surface area contributed by atoms with E-state index < -0.39 is 0 Å². The fraction of sp³-hybridized carbons (Fsp3) is 0.786. The third-order valence-electron chi connectivity index (χ3n) is 4.81. The summed E-state index contributed by atoms with van der Waals surface area (Å²) >= 11 is 0. The van der Waals surface area contributed by atoms with Crippen LogP contribution in [0.4, 0.5) is 0 Å². The maximum atomic E-state index is 12.0. The van der Waals surface area contributed by atoms with Gasteiger partial charge in [0.15, 0.2) is 0 Å². The van der Waals surface area contributed by atoms with E-state index in [1.807, 2.05) is 11.6 Å². The van der Waals surface area contributed by atoms with Crippen LogP contribution in [0.15, 0.2) is 6.33 Å². The Morgan fingerprint density at radius 2 is 2.32 bits per heavy atom. The predicted molar refractivity (Wildman–Crippen MR) is 71.3 cm³/mol. The van der Waals surface area contributed by atoms with Crippen LogP contribution in [0.2, 0.25) is 0 Å². The molecular weight excluding hydrogens is 240 g/mol. The van der Waals surface area contributed by atoms with Crippen LogP contribution in [0.25, 0.3) is 0 Å². The van der Waals surface area contributed by atoms with Gasteiger partial charge in [-0.05, 0) is 31.1 Å². The Morgan fingerprint density at radius 1 is 1.42 bits per heavy atom. The van der Waals surface area contributed by atoms with E-state index in [-0.39, 0.29) is 5.91 Å². The Hall–Kier alpha value is -1.39. The zero-order chi connectivity index (χ0) is 13.2. The average molecular weight is 262 g/mol. The first kappa shape index (κ1) is 12.6. The van der Waals surface area contributed by atoms with Crippen LogP contribution in [-0.4, -0.2) is 26.7 Å². The molecule has 0 aromatic carbocycles. The Labute approximate surface area is 113 Å². The van der Waals surface area contributed by atoms with Crippen LogP contribution in [0.3, 0.4) is 0 Å². The number of aromatic nitrogens is 3. The topological polar surface area (TPSA) is 59.8 Å². The first-order valence-electron chi connectivity index (χ1n) is 7.36. The Balaban J connectivity index is 1.48. The molecule has 5 heteroatoms. The Morgan fingerprint density at radius 3 is 3.11 bits per heavy atom. The second-order valence-corrected chi connectivity index (χ2v) is 5.96. The van der Waals surface area contributed by atoms with Crippen molar-refractivity contribution in [3.63, 3.8) is 0 Å². The molecule has 2 aliphatic carbocycles. The number of nitrogens with one attached hydrogen (secondary N) is 1. The molecule has 0 spiro atoms. The van der Waals surface area contributed by atoms with Gasteiger partial charge in [0.1, 0.15) is 12.2 Å². The molecule has 0 aliphatic heterocycles. The lowest BCUT2D eigenvalue weighted by Crippen LogP contribution is -2.37. The van der Waals surface area contributed by atoms with E-state index in [2.05, 4.69) is 15.5 Å². The highest BCUT2D eigenvalue weighted by atomic mass is 16.1. The Kier molecular flexibility index (Phi) is 3.53. The molecule has 1 aromatic heterocycles. The molecule has 104 valence electrons. The molecule has 2 saturated carbocycles. The van der Waals surface area contributed by atoms with Gasteiger partial charge in [-0.25, -0.2) is 0 Å². The van der Waals surface area contributed by atoms with Gasteiger partial charge in [0.2, 0.25) is 5.91 Å². The van der Waals surface area contributed by atoms with Crippen molar-refractivity contribution in [2.45, 2.75) is 51.0 Å². The van der Waals surface area contributed by atoms with Crippen molar-refractivity contribution in [2.24, 2.45) is 18.9 Å². The van der Waals surface area contributed by atoms with Crippen molar-refractivity contribution in [2.75, 3.05) is 0 Å². The summed E-state index contributed by atoms with van der Waals surface area (Å²) in [6, 6.07) is 0.430. The third-order valence-corrected chi connectivity index (χ3v) is 4.81. The first-order chi connectivity index (χ1) is 9.24. The van der Waals surface area contributed by atoms with Crippen molar-refractivity contribution in [3.05, 3.63) is 12.2 Å². The molecule has 3 atom stereocenters. The standard InChI is InChI=1S/C14H22N4O/c1-18-9-15-17-13(18)7-8-14(19)16-12-6-5-10-3-2-4-11(10)12/h9-12H,2-8H2,1H3,(H,16,19)/t10-,11-,12-/m1/s1. The highest BCUT2D eigenvalue weighted by molar-refractivity contribution is 5.76. The molecule has 2 aliphatic rings. The van der Waals surface area contributed by atoms with Crippen molar-refractivity contribution >= 4 is 5.91 Å². The summed E-state index contributed by atoms with van der Waals surface area (Å²) in [6.45, 7) is 0. The summed E-state index contributed by atoms with van der Waals surface area (Å²) in [5.74, 6) is 2.67. The van der Waals surface area contributed by atoms with Gasteiger partial charge < -0.3 is 9.88 Å². The lowest BCUT2D eigenvalue weighted by molar-refractivity contribution is -0.122. The zero-order valence-corrected chi connectivity index (χ0v) is 11.5. The molecule has 3 rings (SSSR count). The van der Waals surface area contributed by atoms with Gasteiger partial charge >= 0.3 is 0 Å². The molecular formula is C14H22N4O. The van der Waals surface area contributed by atoms with Crippen molar-refractivity contribution in [1.82, 2.24) is 20.1 Å². The second-order valence-electron chi connectivity index (χ2n) is 5.96. The Bertz CT molecular complexity index is 456. The number of aryl methyl sites for hydroxylation is 2. The summed E-state index contributed by atoms with van der Waals surface area (Å²) in [4.78, 5) is 12.0. The van der Waals surface area contributed by atoms with Crippen molar-refractivity contribution in [3.8, 4) is 0 Å². The smallest absolute Gasteiger partial charge is 0.220 e. The molecule has 19 heavy (non-hydrogen) atoms. The maximum Gasteiger partial charge on any atom is 0.220 e. The van der Waals surface area contributed by atoms with Crippen LogP contribution in [0, 0.1) is 11.8 Å². The molecule has 0 radical (unpaired) electrons. The number of carbonyl (C=O) groups is 1. The molecule has 5 nitrogen and oxygen atoms in total. The number of amides is 1. The number of rotatable bonds is 4. The minimum atomic E-state index is 0.167. The molecule has 1 aromatic rings. The molecule has 1 N–H and O–H groups in total. The largest absolute Gasteiger partial charge is 0.353 e. The molecule has 0 bridgehead atoms. The summed E-state index contributed by atoms with van der Waals surface area (Å²) < 4.78 is 1.87. The van der Waals surface area contributed by atoms with E-state index in [1.165, 1.54) is 32.1 Å². The number of nitrogens with zero attached hydrogens (tertiary/aromatic N) is 3. The average Bonchev–Trinajstić information content (AvgIpc) is 3.06. The monoisotopic (exact) mass is 262 g/mol. The van der Waals surface area contributed by atoms with Crippen LogP contribution in [-0.2, 0) is 18.3 Å². The minimum absolute atomic E-state index is 0.167.